The maximum Gasteiger partial charge on any atom is 0.165 e. The fraction of sp³-hybridized carbons (Fsp3) is 0.500. The van der Waals surface area contributed by atoms with E-state index in [9.17, 15) is 5.11 Å². The average Bonchev–Trinajstić information content (AvgIpc) is 2.69. The molecule has 1 aromatic heterocycles. The van der Waals surface area contributed by atoms with Crippen LogP contribution in [0.4, 0.5) is 0 Å². The maximum atomic E-state index is 11.7. The number of hydrogen-bond acceptors (Lipinski definition) is 5. The second-order valence-electron chi connectivity index (χ2n) is 7.74. The number of rotatable bonds is 5. The Morgan fingerprint density at radius 1 is 1.11 bits per heavy atom. The second kappa shape index (κ2) is 7.49. The van der Waals surface area contributed by atoms with Gasteiger partial charge in [-0.15, -0.1) is 0 Å². The van der Waals surface area contributed by atoms with Gasteiger partial charge in [-0.3, -0.25) is 9.88 Å². The standard InChI is InChI=1S/C22H28N2O3/c1-26-20-10-3-6-16(21(20)27-2)13-24-14-18-7-4-8-19(15-24)22(18,25)17-9-5-11-23-12-17/h3,5-6,9-12,18-19,25H,4,7-8,13-15H2,1-2H3/t18-,19+,22?. The molecule has 0 spiro atoms. The van der Waals surface area contributed by atoms with Crippen molar-refractivity contribution < 1.29 is 14.6 Å². The van der Waals surface area contributed by atoms with Gasteiger partial charge in [0.2, 0.25) is 0 Å². The summed E-state index contributed by atoms with van der Waals surface area (Å²) in [5.74, 6) is 2.02. The van der Waals surface area contributed by atoms with E-state index >= 15 is 0 Å². The zero-order valence-corrected chi connectivity index (χ0v) is 16.1. The molecule has 1 aliphatic carbocycles. The maximum absolute atomic E-state index is 11.7. The topological polar surface area (TPSA) is 54.8 Å². The molecule has 2 heterocycles. The van der Waals surface area contributed by atoms with Gasteiger partial charge < -0.3 is 14.6 Å². The average molecular weight is 368 g/mol. The van der Waals surface area contributed by atoms with E-state index in [1.807, 2.05) is 30.5 Å². The number of pyridine rings is 1. The Morgan fingerprint density at radius 2 is 1.89 bits per heavy atom. The summed E-state index contributed by atoms with van der Waals surface area (Å²) in [6.07, 6.45) is 6.90. The van der Waals surface area contributed by atoms with Crippen LogP contribution in [-0.4, -0.2) is 42.3 Å². The summed E-state index contributed by atoms with van der Waals surface area (Å²) in [5.41, 5.74) is 1.33. The number of methoxy groups -OCH3 is 2. The number of nitrogens with zero attached hydrogens (tertiary/aromatic N) is 2. The lowest BCUT2D eigenvalue weighted by molar-refractivity contribution is -0.148. The summed E-state index contributed by atoms with van der Waals surface area (Å²) in [4.78, 5) is 6.71. The number of para-hydroxylation sites is 1. The van der Waals surface area contributed by atoms with Crippen LogP contribution in [0.3, 0.4) is 0 Å². The molecule has 1 unspecified atom stereocenters. The molecule has 2 aromatic rings. The largest absolute Gasteiger partial charge is 0.493 e. The van der Waals surface area contributed by atoms with Crippen molar-refractivity contribution >= 4 is 0 Å². The highest BCUT2D eigenvalue weighted by molar-refractivity contribution is 5.46. The van der Waals surface area contributed by atoms with Gasteiger partial charge in [0.05, 0.1) is 19.8 Å². The molecule has 2 aliphatic rings. The molecule has 144 valence electrons. The molecule has 5 heteroatoms. The number of piperidine rings is 1. The molecule has 2 fully saturated rings. The minimum absolute atomic E-state index is 0.228. The van der Waals surface area contributed by atoms with E-state index < -0.39 is 5.60 Å². The third kappa shape index (κ3) is 3.19. The molecule has 3 atom stereocenters. The first-order valence-electron chi connectivity index (χ1n) is 9.72. The van der Waals surface area contributed by atoms with E-state index in [-0.39, 0.29) is 11.8 Å². The zero-order valence-electron chi connectivity index (χ0n) is 16.1. The summed E-state index contributed by atoms with van der Waals surface area (Å²) in [7, 11) is 3.36. The lowest BCUT2D eigenvalue weighted by atomic mass is 9.63. The normalized spacial score (nSPS) is 28.0. The Labute approximate surface area is 160 Å². The Bertz CT molecular complexity index is 766. The third-order valence-corrected chi connectivity index (χ3v) is 6.31. The first-order valence-corrected chi connectivity index (χ1v) is 9.72. The minimum Gasteiger partial charge on any atom is -0.493 e. The van der Waals surface area contributed by atoms with E-state index in [0.29, 0.717) is 0 Å². The van der Waals surface area contributed by atoms with Crippen LogP contribution < -0.4 is 9.47 Å². The quantitative estimate of drug-likeness (QED) is 0.878. The van der Waals surface area contributed by atoms with Gasteiger partial charge in [-0.05, 0) is 25.0 Å². The van der Waals surface area contributed by atoms with E-state index in [1.165, 1.54) is 6.42 Å². The summed E-state index contributed by atoms with van der Waals surface area (Å²) in [6, 6.07) is 9.98. The van der Waals surface area contributed by atoms with Crippen LogP contribution in [0.1, 0.15) is 30.4 Å². The van der Waals surface area contributed by atoms with E-state index in [1.54, 1.807) is 20.4 Å². The van der Waals surface area contributed by atoms with E-state index in [0.717, 1.165) is 55.1 Å². The second-order valence-corrected chi connectivity index (χ2v) is 7.74. The molecule has 0 radical (unpaired) electrons. The van der Waals surface area contributed by atoms with Crippen molar-refractivity contribution in [2.45, 2.75) is 31.4 Å². The monoisotopic (exact) mass is 368 g/mol. The molecule has 4 rings (SSSR count). The highest BCUT2D eigenvalue weighted by Crippen LogP contribution is 2.49. The van der Waals surface area contributed by atoms with Gasteiger partial charge in [0.1, 0.15) is 0 Å². The van der Waals surface area contributed by atoms with Crippen molar-refractivity contribution in [3.63, 3.8) is 0 Å². The predicted octanol–water partition coefficient (Wildman–Crippen LogP) is 3.22. The van der Waals surface area contributed by atoms with Crippen molar-refractivity contribution in [2.75, 3.05) is 27.3 Å². The van der Waals surface area contributed by atoms with E-state index in [2.05, 4.69) is 16.0 Å². The first kappa shape index (κ1) is 18.3. The lowest BCUT2D eigenvalue weighted by Crippen LogP contribution is -2.57. The Kier molecular flexibility index (Phi) is 5.06. The van der Waals surface area contributed by atoms with Crippen molar-refractivity contribution in [3.05, 3.63) is 53.9 Å². The van der Waals surface area contributed by atoms with Crippen LogP contribution in [0.25, 0.3) is 0 Å². The molecule has 5 nitrogen and oxygen atoms in total. The number of likely N-dealkylation sites (tertiary alicyclic amines) is 1. The number of aliphatic hydroxyl groups is 1. The smallest absolute Gasteiger partial charge is 0.165 e. The lowest BCUT2D eigenvalue weighted by Gasteiger charge is -2.53. The molecular weight excluding hydrogens is 340 g/mol. The number of aromatic nitrogens is 1. The summed E-state index contributed by atoms with van der Waals surface area (Å²) < 4.78 is 11.0. The number of ether oxygens (including phenoxy) is 2. The van der Waals surface area contributed by atoms with Crippen molar-refractivity contribution in [3.8, 4) is 11.5 Å². The number of fused-ring (bicyclic) bond motifs is 2. The minimum atomic E-state index is -0.762. The molecule has 1 saturated carbocycles. The summed E-state index contributed by atoms with van der Waals surface area (Å²) in [6.45, 7) is 2.56. The molecular formula is C22H28N2O3. The Hall–Kier alpha value is -2.11. The first-order chi connectivity index (χ1) is 13.2. The number of benzene rings is 1. The zero-order chi connectivity index (χ0) is 18.9. The van der Waals surface area contributed by atoms with Gasteiger partial charge in [-0.2, -0.15) is 0 Å². The molecule has 1 N–H and O–H groups in total. The van der Waals surface area contributed by atoms with Gasteiger partial charge in [0, 0.05) is 55.0 Å². The van der Waals surface area contributed by atoms with E-state index in [4.69, 9.17) is 9.47 Å². The summed E-state index contributed by atoms with van der Waals surface area (Å²) in [5, 5.41) is 11.7. The van der Waals surface area contributed by atoms with Crippen LogP contribution >= 0.6 is 0 Å². The van der Waals surface area contributed by atoms with Crippen LogP contribution in [0.2, 0.25) is 0 Å². The van der Waals surface area contributed by atoms with Gasteiger partial charge in [-0.25, -0.2) is 0 Å². The van der Waals surface area contributed by atoms with Crippen molar-refractivity contribution in [1.29, 1.82) is 0 Å². The van der Waals surface area contributed by atoms with Crippen molar-refractivity contribution in [2.24, 2.45) is 11.8 Å². The third-order valence-electron chi connectivity index (χ3n) is 6.31. The Balaban J connectivity index is 1.58. The van der Waals surface area contributed by atoms with Gasteiger partial charge in [-0.1, -0.05) is 24.6 Å². The Morgan fingerprint density at radius 3 is 2.52 bits per heavy atom. The highest BCUT2D eigenvalue weighted by atomic mass is 16.5. The number of hydrogen-bond donors (Lipinski definition) is 1. The van der Waals surface area contributed by atoms with Gasteiger partial charge in [0.15, 0.2) is 11.5 Å². The fourth-order valence-electron chi connectivity index (χ4n) is 5.06. The molecule has 27 heavy (non-hydrogen) atoms. The SMILES string of the molecule is COc1cccc(CN2C[C@H]3CCC[C@@H](C2)C3(O)c2cccnc2)c1OC. The predicted molar refractivity (Wildman–Crippen MR) is 104 cm³/mol. The van der Waals surface area contributed by atoms with Crippen LogP contribution in [0.15, 0.2) is 42.7 Å². The van der Waals surface area contributed by atoms with Crippen molar-refractivity contribution in [1.82, 2.24) is 9.88 Å². The fourth-order valence-corrected chi connectivity index (χ4v) is 5.06. The molecule has 0 amide bonds. The van der Waals surface area contributed by atoms with Gasteiger partial charge in [0.25, 0.3) is 0 Å². The summed E-state index contributed by atoms with van der Waals surface area (Å²) >= 11 is 0. The molecule has 1 aromatic carbocycles. The molecule has 1 saturated heterocycles. The molecule has 1 aliphatic heterocycles. The highest BCUT2D eigenvalue weighted by Gasteiger charge is 2.51. The van der Waals surface area contributed by atoms with Crippen LogP contribution in [-0.2, 0) is 12.1 Å². The van der Waals surface area contributed by atoms with Crippen LogP contribution in [0, 0.1) is 11.8 Å². The van der Waals surface area contributed by atoms with Crippen LogP contribution in [0.5, 0.6) is 11.5 Å². The molecule has 2 bridgehead atoms. The van der Waals surface area contributed by atoms with Gasteiger partial charge >= 0.3 is 0 Å².